The third-order valence-electron chi connectivity index (χ3n) is 4.21. The molecule has 1 aromatic carbocycles. The second-order valence-corrected chi connectivity index (χ2v) is 6.10. The highest BCUT2D eigenvalue weighted by molar-refractivity contribution is 5.67. The molecule has 142 valence electrons. The Hall–Kier alpha value is -2.00. The first-order chi connectivity index (χ1) is 12.5. The van der Waals surface area contributed by atoms with Crippen LogP contribution in [0.25, 0.3) is 0 Å². The lowest BCUT2D eigenvalue weighted by atomic mass is 9.97. The molecule has 0 saturated carbocycles. The van der Waals surface area contributed by atoms with Crippen molar-refractivity contribution in [1.29, 1.82) is 0 Å². The van der Waals surface area contributed by atoms with Gasteiger partial charge in [-0.1, -0.05) is 30.3 Å². The van der Waals surface area contributed by atoms with Gasteiger partial charge in [-0.2, -0.15) is 0 Å². The quantitative estimate of drug-likeness (QED) is 0.738. The predicted octanol–water partition coefficient (Wildman–Crippen LogP) is 1.34. The number of methoxy groups -OCH3 is 1. The fourth-order valence-corrected chi connectivity index (χ4v) is 3.17. The lowest BCUT2D eigenvalue weighted by Gasteiger charge is -2.47. The molecule has 8 nitrogen and oxygen atoms in total. The molecule has 3 rings (SSSR count). The van der Waals surface area contributed by atoms with Gasteiger partial charge in [-0.25, -0.2) is 0 Å². The van der Waals surface area contributed by atoms with E-state index in [2.05, 4.69) is 0 Å². The maximum Gasteiger partial charge on any atom is 0.305 e. The summed E-state index contributed by atoms with van der Waals surface area (Å²) in [7, 11) is 1.48. The Kier molecular flexibility index (Phi) is 5.87. The number of hydrogen-bond donors (Lipinski definition) is 0. The van der Waals surface area contributed by atoms with Crippen LogP contribution in [-0.2, 0) is 38.0 Å². The van der Waals surface area contributed by atoms with Gasteiger partial charge >= 0.3 is 11.9 Å². The lowest BCUT2D eigenvalue weighted by molar-refractivity contribution is -0.358. The van der Waals surface area contributed by atoms with Crippen LogP contribution in [0.5, 0.6) is 0 Å². The molecule has 1 unspecified atom stereocenters. The van der Waals surface area contributed by atoms with Gasteiger partial charge in [0.05, 0.1) is 6.61 Å². The zero-order valence-corrected chi connectivity index (χ0v) is 14.8. The average Bonchev–Trinajstić information content (AvgIpc) is 2.62. The Labute approximate surface area is 151 Å². The fourth-order valence-electron chi connectivity index (χ4n) is 3.17. The van der Waals surface area contributed by atoms with Crippen molar-refractivity contribution in [2.24, 2.45) is 0 Å². The van der Waals surface area contributed by atoms with Gasteiger partial charge in [-0.15, -0.1) is 0 Å². The SMILES string of the molecule is CO[C@@H]1[C@H](OC(C)=O)[C@@H](OC(C)=O)O[C@@H]2COC(c3ccccc3)O[C@@H]12. The highest BCUT2D eigenvalue weighted by atomic mass is 16.8. The molecule has 1 aromatic rings. The van der Waals surface area contributed by atoms with Crippen LogP contribution in [0, 0.1) is 0 Å². The number of carbonyl (C=O) groups excluding carboxylic acids is 2. The minimum Gasteiger partial charge on any atom is -0.453 e. The number of carbonyl (C=O) groups is 2. The smallest absolute Gasteiger partial charge is 0.305 e. The number of hydrogen-bond acceptors (Lipinski definition) is 8. The van der Waals surface area contributed by atoms with Crippen LogP contribution in [-0.4, -0.2) is 56.4 Å². The van der Waals surface area contributed by atoms with E-state index < -0.39 is 48.9 Å². The molecule has 2 aliphatic rings. The molecule has 8 heteroatoms. The molecule has 0 aliphatic carbocycles. The molecule has 2 aliphatic heterocycles. The third-order valence-corrected chi connectivity index (χ3v) is 4.21. The summed E-state index contributed by atoms with van der Waals surface area (Å²) in [6, 6.07) is 9.45. The van der Waals surface area contributed by atoms with E-state index in [0.717, 1.165) is 5.56 Å². The summed E-state index contributed by atoms with van der Waals surface area (Å²) in [5, 5.41) is 0. The van der Waals surface area contributed by atoms with Crippen LogP contribution in [0.2, 0.25) is 0 Å². The second-order valence-electron chi connectivity index (χ2n) is 6.10. The highest BCUT2D eigenvalue weighted by Crippen LogP contribution is 2.36. The van der Waals surface area contributed by atoms with E-state index in [1.807, 2.05) is 30.3 Å². The number of benzene rings is 1. The molecule has 0 spiro atoms. The summed E-state index contributed by atoms with van der Waals surface area (Å²) in [5.74, 6) is -1.09. The highest BCUT2D eigenvalue weighted by Gasteiger charge is 2.53. The normalized spacial score (nSPS) is 33.8. The average molecular weight is 366 g/mol. The third kappa shape index (κ3) is 4.04. The molecule has 0 aromatic heterocycles. The molecule has 2 fully saturated rings. The topological polar surface area (TPSA) is 89.5 Å². The van der Waals surface area contributed by atoms with Gasteiger partial charge in [-0.3, -0.25) is 9.59 Å². The van der Waals surface area contributed by atoms with Gasteiger partial charge in [0.2, 0.25) is 6.29 Å². The Morgan fingerprint density at radius 2 is 1.69 bits per heavy atom. The maximum atomic E-state index is 11.5. The molecule has 6 atom stereocenters. The van der Waals surface area contributed by atoms with Gasteiger partial charge in [0.25, 0.3) is 0 Å². The standard InChI is InChI=1S/C18H22O8/c1-10(19)23-16-15(21-3)14-13(25-18(16)24-11(2)20)9-22-17(26-14)12-7-5-4-6-8-12/h4-8,13-18H,9H2,1-3H3/t13-,14-,15+,16+,17?,18+/m1/s1. The van der Waals surface area contributed by atoms with Crippen LogP contribution in [0.1, 0.15) is 25.7 Å². The molecule has 0 N–H and O–H groups in total. The van der Waals surface area contributed by atoms with Crippen molar-refractivity contribution in [2.75, 3.05) is 13.7 Å². The first kappa shape index (κ1) is 18.8. The minimum absolute atomic E-state index is 0.217. The van der Waals surface area contributed by atoms with E-state index in [-0.39, 0.29) is 6.61 Å². The molecule has 0 bridgehead atoms. The van der Waals surface area contributed by atoms with E-state index in [1.165, 1.54) is 21.0 Å². The van der Waals surface area contributed by atoms with Crippen LogP contribution >= 0.6 is 0 Å². The lowest BCUT2D eigenvalue weighted by Crippen LogP contribution is -2.63. The Morgan fingerprint density at radius 3 is 2.31 bits per heavy atom. The predicted molar refractivity (Wildman–Crippen MR) is 86.8 cm³/mol. The summed E-state index contributed by atoms with van der Waals surface area (Å²) in [6.45, 7) is 2.73. The summed E-state index contributed by atoms with van der Waals surface area (Å²) in [5.41, 5.74) is 0.854. The number of fused-ring (bicyclic) bond motifs is 1. The van der Waals surface area contributed by atoms with Crippen molar-refractivity contribution in [3.8, 4) is 0 Å². The van der Waals surface area contributed by atoms with Crippen LogP contribution in [0.3, 0.4) is 0 Å². The molecule has 2 heterocycles. The van der Waals surface area contributed by atoms with Crippen molar-refractivity contribution in [2.45, 2.75) is 50.8 Å². The van der Waals surface area contributed by atoms with Crippen molar-refractivity contribution < 1.29 is 38.0 Å². The van der Waals surface area contributed by atoms with E-state index in [1.54, 1.807) is 0 Å². The van der Waals surface area contributed by atoms with Gasteiger partial charge in [-0.05, 0) is 0 Å². The zero-order chi connectivity index (χ0) is 18.7. The van der Waals surface area contributed by atoms with Crippen LogP contribution in [0.15, 0.2) is 30.3 Å². The van der Waals surface area contributed by atoms with E-state index >= 15 is 0 Å². The van der Waals surface area contributed by atoms with Crippen molar-refractivity contribution in [1.82, 2.24) is 0 Å². The number of esters is 2. The van der Waals surface area contributed by atoms with Crippen molar-refractivity contribution in [3.05, 3.63) is 35.9 Å². The van der Waals surface area contributed by atoms with E-state index in [9.17, 15) is 9.59 Å². The second kappa shape index (κ2) is 8.13. The summed E-state index contributed by atoms with van der Waals surface area (Å²) in [4.78, 5) is 22.9. The molecular weight excluding hydrogens is 344 g/mol. The summed E-state index contributed by atoms with van der Waals surface area (Å²) < 4.78 is 33.6. The molecule has 26 heavy (non-hydrogen) atoms. The Balaban J connectivity index is 1.82. The molecule has 0 radical (unpaired) electrons. The minimum atomic E-state index is -1.09. The van der Waals surface area contributed by atoms with Gasteiger partial charge in [0.1, 0.15) is 18.3 Å². The van der Waals surface area contributed by atoms with Gasteiger partial charge < -0.3 is 28.4 Å². The Bertz CT molecular complexity index is 633. The maximum absolute atomic E-state index is 11.5. The summed E-state index contributed by atoms with van der Waals surface area (Å²) >= 11 is 0. The van der Waals surface area contributed by atoms with Gasteiger partial charge in [0.15, 0.2) is 12.4 Å². The molecule has 0 amide bonds. The Morgan fingerprint density at radius 1 is 1.00 bits per heavy atom. The molecular formula is C18H22O8. The number of rotatable bonds is 4. The van der Waals surface area contributed by atoms with Crippen LogP contribution < -0.4 is 0 Å². The first-order valence-corrected chi connectivity index (χ1v) is 8.34. The van der Waals surface area contributed by atoms with Gasteiger partial charge in [0, 0.05) is 26.5 Å². The van der Waals surface area contributed by atoms with E-state index in [4.69, 9.17) is 28.4 Å². The van der Waals surface area contributed by atoms with Crippen LogP contribution in [0.4, 0.5) is 0 Å². The molecule has 2 saturated heterocycles. The zero-order valence-electron chi connectivity index (χ0n) is 14.8. The van der Waals surface area contributed by atoms with Crippen molar-refractivity contribution in [3.63, 3.8) is 0 Å². The van der Waals surface area contributed by atoms with E-state index in [0.29, 0.717) is 0 Å². The largest absolute Gasteiger partial charge is 0.453 e. The van der Waals surface area contributed by atoms with Crippen molar-refractivity contribution >= 4 is 11.9 Å². The number of ether oxygens (including phenoxy) is 6. The first-order valence-electron chi connectivity index (χ1n) is 8.34. The fraction of sp³-hybridized carbons (Fsp3) is 0.556. The summed E-state index contributed by atoms with van der Waals surface area (Å²) in [6.07, 6.45) is -4.41. The monoisotopic (exact) mass is 366 g/mol.